The number of ether oxygens (including phenoxy) is 1. The molecule has 3 aliphatic heterocycles. The largest absolute Gasteiger partial charge is 0.381 e. The number of carbonyl (C=O) groups is 1. The maximum Gasteiger partial charge on any atom is 0.230 e. The third-order valence-electron chi connectivity index (χ3n) is 6.86. The van der Waals surface area contributed by atoms with Gasteiger partial charge in [0.1, 0.15) is 0 Å². The zero-order chi connectivity index (χ0) is 17.8. The van der Waals surface area contributed by atoms with Gasteiger partial charge in [-0.1, -0.05) is 36.8 Å². The standard InChI is InChI=1S/C22H32N2O2/c25-21(22(11-15-26-16-12-22)19-8-2-1-3-9-19)23-17-18-7-6-14-24-13-5-4-10-20(18)24/h1-3,8-9,18,20H,4-7,10-17H2,(H,23,25)/t18-,20-/m1/s1. The number of hydrogen-bond acceptors (Lipinski definition) is 3. The summed E-state index contributed by atoms with van der Waals surface area (Å²) in [7, 11) is 0. The molecule has 3 heterocycles. The molecular formula is C22H32N2O2. The van der Waals surface area contributed by atoms with Crippen LogP contribution in [0.3, 0.4) is 0 Å². The summed E-state index contributed by atoms with van der Waals surface area (Å²) in [6.45, 7) is 4.67. The molecule has 142 valence electrons. The summed E-state index contributed by atoms with van der Waals surface area (Å²) < 4.78 is 5.57. The Morgan fingerprint density at radius 1 is 1.08 bits per heavy atom. The van der Waals surface area contributed by atoms with E-state index in [1.54, 1.807) is 0 Å². The van der Waals surface area contributed by atoms with Crippen LogP contribution in [0.25, 0.3) is 0 Å². The van der Waals surface area contributed by atoms with E-state index in [9.17, 15) is 4.79 Å². The predicted octanol–water partition coefficient (Wildman–Crippen LogP) is 3.12. The van der Waals surface area contributed by atoms with Crippen LogP contribution >= 0.6 is 0 Å². The molecule has 0 aromatic heterocycles. The van der Waals surface area contributed by atoms with Gasteiger partial charge in [-0.15, -0.1) is 0 Å². The van der Waals surface area contributed by atoms with E-state index in [2.05, 4.69) is 22.3 Å². The van der Waals surface area contributed by atoms with Gasteiger partial charge in [-0.25, -0.2) is 0 Å². The number of rotatable bonds is 4. The lowest BCUT2D eigenvalue weighted by molar-refractivity contribution is -0.131. The minimum atomic E-state index is -0.416. The first-order valence-corrected chi connectivity index (χ1v) is 10.5. The minimum Gasteiger partial charge on any atom is -0.381 e. The van der Waals surface area contributed by atoms with Crippen LogP contribution in [-0.2, 0) is 14.9 Å². The number of amides is 1. The summed E-state index contributed by atoms with van der Waals surface area (Å²) in [5, 5.41) is 3.37. The first kappa shape index (κ1) is 18.0. The molecule has 0 saturated carbocycles. The molecule has 0 spiro atoms. The van der Waals surface area contributed by atoms with Crippen molar-refractivity contribution in [1.82, 2.24) is 10.2 Å². The molecule has 4 rings (SSSR count). The fourth-order valence-corrected chi connectivity index (χ4v) is 5.33. The molecule has 2 atom stereocenters. The minimum absolute atomic E-state index is 0.208. The lowest BCUT2D eigenvalue weighted by Gasteiger charge is -2.45. The van der Waals surface area contributed by atoms with E-state index in [4.69, 9.17) is 4.74 Å². The zero-order valence-electron chi connectivity index (χ0n) is 15.8. The van der Waals surface area contributed by atoms with Crippen molar-refractivity contribution in [3.8, 4) is 0 Å². The van der Waals surface area contributed by atoms with Crippen molar-refractivity contribution in [1.29, 1.82) is 0 Å². The molecule has 3 saturated heterocycles. The van der Waals surface area contributed by atoms with E-state index in [1.807, 2.05) is 18.2 Å². The van der Waals surface area contributed by atoms with Gasteiger partial charge in [0, 0.05) is 25.8 Å². The molecule has 4 heteroatoms. The van der Waals surface area contributed by atoms with Crippen LogP contribution in [-0.4, -0.2) is 49.7 Å². The lowest BCUT2D eigenvalue weighted by atomic mass is 9.73. The van der Waals surface area contributed by atoms with Crippen LogP contribution in [0.2, 0.25) is 0 Å². The fourth-order valence-electron chi connectivity index (χ4n) is 5.33. The van der Waals surface area contributed by atoms with Crippen molar-refractivity contribution in [2.45, 2.75) is 56.4 Å². The Morgan fingerprint density at radius 2 is 1.85 bits per heavy atom. The smallest absolute Gasteiger partial charge is 0.230 e. The fraction of sp³-hybridized carbons (Fsp3) is 0.682. The SMILES string of the molecule is O=C(NC[C@H]1CCCN2CCCC[C@H]12)C1(c2ccccc2)CCOCC1. The molecule has 3 fully saturated rings. The molecule has 0 aliphatic carbocycles. The Kier molecular flexibility index (Phi) is 5.60. The van der Waals surface area contributed by atoms with Crippen LogP contribution in [0, 0.1) is 5.92 Å². The van der Waals surface area contributed by atoms with Gasteiger partial charge < -0.3 is 15.0 Å². The Bertz CT molecular complexity index is 595. The predicted molar refractivity (Wildman–Crippen MR) is 103 cm³/mol. The Morgan fingerprint density at radius 3 is 2.65 bits per heavy atom. The normalized spacial score (nSPS) is 28.9. The molecule has 1 N–H and O–H groups in total. The van der Waals surface area contributed by atoms with E-state index in [1.165, 1.54) is 45.2 Å². The van der Waals surface area contributed by atoms with Crippen LogP contribution in [0.4, 0.5) is 0 Å². The number of hydrogen-bond donors (Lipinski definition) is 1. The maximum absolute atomic E-state index is 13.3. The molecule has 26 heavy (non-hydrogen) atoms. The zero-order valence-corrected chi connectivity index (χ0v) is 15.8. The van der Waals surface area contributed by atoms with Gasteiger partial charge in [-0.3, -0.25) is 4.79 Å². The van der Waals surface area contributed by atoms with Crippen molar-refractivity contribution < 1.29 is 9.53 Å². The van der Waals surface area contributed by atoms with Gasteiger partial charge in [0.15, 0.2) is 0 Å². The van der Waals surface area contributed by atoms with Crippen LogP contribution < -0.4 is 5.32 Å². The van der Waals surface area contributed by atoms with Crippen molar-refractivity contribution in [3.05, 3.63) is 35.9 Å². The molecule has 0 bridgehead atoms. The Balaban J connectivity index is 1.45. The van der Waals surface area contributed by atoms with Gasteiger partial charge in [0.2, 0.25) is 5.91 Å². The average Bonchev–Trinajstić information content (AvgIpc) is 2.73. The summed E-state index contributed by atoms with van der Waals surface area (Å²) in [5.41, 5.74) is 0.726. The number of fused-ring (bicyclic) bond motifs is 1. The second-order valence-corrected chi connectivity index (χ2v) is 8.27. The summed E-state index contributed by atoms with van der Waals surface area (Å²) >= 11 is 0. The highest BCUT2D eigenvalue weighted by atomic mass is 16.5. The van der Waals surface area contributed by atoms with Gasteiger partial charge in [0.25, 0.3) is 0 Å². The van der Waals surface area contributed by atoms with E-state index in [-0.39, 0.29) is 5.91 Å². The summed E-state index contributed by atoms with van der Waals surface area (Å²) in [6.07, 6.45) is 8.07. The quantitative estimate of drug-likeness (QED) is 0.901. The van der Waals surface area contributed by atoms with Crippen molar-refractivity contribution in [2.24, 2.45) is 5.92 Å². The van der Waals surface area contributed by atoms with Crippen LogP contribution in [0.5, 0.6) is 0 Å². The third kappa shape index (κ3) is 3.54. The third-order valence-corrected chi connectivity index (χ3v) is 6.86. The summed E-state index contributed by atoms with van der Waals surface area (Å²) in [5.74, 6) is 0.820. The number of nitrogens with one attached hydrogen (secondary N) is 1. The highest BCUT2D eigenvalue weighted by Crippen LogP contribution is 2.36. The summed E-state index contributed by atoms with van der Waals surface area (Å²) in [4.78, 5) is 16.0. The number of nitrogens with zero attached hydrogens (tertiary/aromatic N) is 1. The highest BCUT2D eigenvalue weighted by Gasteiger charge is 2.42. The van der Waals surface area contributed by atoms with Gasteiger partial charge in [-0.2, -0.15) is 0 Å². The highest BCUT2D eigenvalue weighted by molar-refractivity contribution is 5.88. The molecule has 1 aromatic rings. The lowest BCUT2D eigenvalue weighted by Crippen LogP contribution is -2.53. The van der Waals surface area contributed by atoms with Crippen molar-refractivity contribution in [2.75, 3.05) is 32.8 Å². The number of carbonyl (C=O) groups excluding carboxylic acids is 1. The number of piperidine rings is 2. The molecule has 1 amide bonds. The molecule has 4 nitrogen and oxygen atoms in total. The van der Waals surface area contributed by atoms with Crippen molar-refractivity contribution in [3.63, 3.8) is 0 Å². The monoisotopic (exact) mass is 356 g/mol. The van der Waals surface area contributed by atoms with Crippen LogP contribution in [0.15, 0.2) is 30.3 Å². The van der Waals surface area contributed by atoms with Crippen molar-refractivity contribution >= 4 is 5.91 Å². The Labute approximate surface area is 157 Å². The van der Waals surface area contributed by atoms with Crippen LogP contribution in [0.1, 0.15) is 50.5 Å². The first-order chi connectivity index (χ1) is 12.8. The molecule has 1 aromatic carbocycles. The van der Waals surface area contributed by atoms with Gasteiger partial charge in [-0.05, 0) is 63.1 Å². The topological polar surface area (TPSA) is 41.6 Å². The van der Waals surface area contributed by atoms with Gasteiger partial charge in [0.05, 0.1) is 5.41 Å². The molecule has 0 unspecified atom stereocenters. The molecule has 0 radical (unpaired) electrons. The molecule has 3 aliphatic rings. The average molecular weight is 357 g/mol. The first-order valence-electron chi connectivity index (χ1n) is 10.5. The molecular weight excluding hydrogens is 324 g/mol. The van der Waals surface area contributed by atoms with E-state index in [0.29, 0.717) is 25.2 Å². The van der Waals surface area contributed by atoms with Gasteiger partial charge >= 0.3 is 0 Å². The van der Waals surface area contributed by atoms with E-state index in [0.717, 1.165) is 24.9 Å². The number of benzene rings is 1. The van der Waals surface area contributed by atoms with E-state index >= 15 is 0 Å². The summed E-state index contributed by atoms with van der Waals surface area (Å²) in [6, 6.07) is 11.0. The Hall–Kier alpha value is -1.39. The second-order valence-electron chi connectivity index (χ2n) is 8.27. The second kappa shape index (κ2) is 8.10. The van der Waals surface area contributed by atoms with E-state index < -0.39 is 5.41 Å². The maximum atomic E-state index is 13.3.